The van der Waals surface area contributed by atoms with Crippen molar-refractivity contribution in [2.24, 2.45) is 0 Å². The Morgan fingerprint density at radius 2 is 2.14 bits per heavy atom. The topological polar surface area (TPSA) is 52.6 Å². The fraction of sp³-hybridized carbons (Fsp3) is 0.562. The molecule has 0 bridgehead atoms. The van der Waals surface area contributed by atoms with Crippen LogP contribution in [-0.4, -0.2) is 41.7 Å². The van der Waals surface area contributed by atoms with Crippen molar-refractivity contribution in [3.05, 3.63) is 28.8 Å². The number of benzene rings is 1. The molecule has 0 aromatic heterocycles. The molecule has 5 heteroatoms. The van der Waals surface area contributed by atoms with Gasteiger partial charge in [0.15, 0.2) is 0 Å². The summed E-state index contributed by atoms with van der Waals surface area (Å²) >= 11 is 6.11. The lowest BCUT2D eigenvalue weighted by Gasteiger charge is -2.34. The largest absolute Gasteiger partial charge is 0.391 e. The number of nitrogens with zero attached hydrogens (tertiary/aromatic N) is 1. The molecule has 1 aliphatic carbocycles. The van der Waals surface area contributed by atoms with Crippen LogP contribution in [0.3, 0.4) is 0 Å². The molecular weight excluding hydrogens is 288 g/mol. The highest BCUT2D eigenvalue weighted by Gasteiger charge is 2.27. The van der Waals surface area contributed by atoms with Crippen LogP contribution in [0.25, 0.3) is 0 Å². The summed E-state index contributed by atoms with van der Waals surface area (Å²) in [6.07, 6.45) is 3.60. The smallest absolute Gasteiger partial charge is 0.238 e. The zero-order valence-corrected chi connectivity index (χ0v) is 13.4. The van der Waals surface area contributed by atoms with E-state index in [9.17, 15) is 9.90 Å². The molecule has 21 heavy (non-hydrogen) atoms. The van der Waals surface area contributed by atoms with Crippen LogP contribution in [0.5, 0.6) is 0 Å². The minimum absolute atomic E-state index is 0.0676. The summed E-state index contributed by atoms with van der Waals surface area (Å²) in [5.74, 6) is -0.110. The molecule has 2 N–H and O–H groups in total. The molecule has 1 amide bonds. The number of aliphatic hydroxyl groups is 1. The Morgan fingerprint density at radius 3 is 2.81 bits per heavy atom. The summed E-state index contributed by atoms with van der Waals surface area (Å²) in [5.41, 5.74) is 1.69. The summed E-state index contributed by atoms with van der Waals surface area (Å²) < 4.78 is 0. The second-order valence-corrected chi connectivity index (χ2v) is 6.27. The number of rotatable bonds is 4. The Labute approximate surface area is 131 Å². The van der Waals surface area contributed by atoms with E-state index in [-0.39, 0.29) is 24.6 Å². The first-order valence-corrected chi connectivity index (χ1v) is 7.79. The fourth-order valence-corrected chi connectivity index (χ4v) is 3.14. The maximum Gasteiger partial charge on any atom is 0.238 e. The molecule has 1 aliphatic rings. The third-order valence-corrected chi connectivity index (χ3v) is 4.36. The molecule has 1 aromatic carbocycles. The molecule has 1 fully saturated rings. The van der Waals surface area contributed by atoms with E-state index >= 15 is 0 Å². The van der Waals surface area contributed by atoms with Gasteiger partial charge in [0.1, 0.15) is 0 Å². The van der Waals surface area contributed by atoms with Crippen molar-refractivity contribution >= 4 is 23.2 Å². The predicted molar refractivity (Wildman–Crippen MR) is 85.7 cm³/mol. The van der Waals surface area contributed by atoms with Gasteiger partial charge in [-0.3, -0.25) is 9.69 Å². The SMILES string of the molecule is Cc1ccc(NC(=O)CN(C)C2CCCCC2O)c(Cl)c1. The first-order chi connectivity index (χ1) is 9.97. The summed E-state index contributed by atoms with van der Waals surface area (Å²) in [5, 5.41) is 13.4. The van der Waals surface area contributed by atoms with Crippen LogP contribution in [0.1, 0.15) is 31.2 Å². The molecule has 0 heterocycles. The fourth-order valence-electron chi connectivity index (χ4n) is 2.86. The second-order valence-electron chi connectivity index (χ2n) is 5.87. The number of nitrogens with one attached hydrogen (secondary N) is 1. The number of likely N-dealkylation sites (N-methyl/N-ethyl adjacent to an activating group) is 1. The van der Waals surface area contributed by atoms with Crippen molar-refractivity contribution in [2.45, 2.75) is 44.8 Å². The Morgan fingerprint density at radius 1 is 1.43 bits per heavy atom. The van der Waals surface area contributed by atoms with E-state index in [0.717, 1.165) is 31.2 Å². The third-order valence-electron chi connectivity index (χ3n) is 4.05. The molecule has 2 unspecified atom stereocenters. The van der Waals surface area contributed by atoms with Gasteiger partial charge in [0.05, 0.1) is 23.4 Å². The maximum atomic E-state index is 12.1. The predicted octanol–water partition coefficient (Wildman–Crippen LogP) is 2.82. The second kappa shape index (κ2) is 7.25. The van der Waals surface area contributed by atoms with Gasteiger partial charge < -0.3 is 10.4 Å². The monoisotopic (exact) mass is 310 g/mol. The van der Waals surface area contributed by atoms with Crippen LogP contribution in [0.15, 0.2) is 18.2 Å². The Bertz CT molecular complexity index is 507. The number of halogens is 1. The molecular formula is C16H23ClN2O2. The Hall–Kier alpha value is -1.10. The van der Waals surface area contributed by atoms with Crippen LogP contribution < -0.4 is 5.32 Å². The van der Waals surface area contributed by atoms with Gasteiger partial charge in [0.2, 0.25) is 5.91 Å². The van der Waals surface area contributed by atoms with Crippen LogP contribution >= 0.6 is 11.6 Å². The van der Waals surface area contributed by atoms with Gasteiger partial charge in [-0.1, -0.05) is 30.5 Å². The number of carbonyl (C=O) groups is 1. The number of anilines is 1. The normalized spacial score (nSPS) is 22.3. The lowest BCUT2D eigenvalue weighted by atomic mass is 9.91. The summed E-state index contributed by atoms with van der Waals surface area (Å²) in [6.45, 7) is 2.21. The molecule has 2 atom stereocenters. The maximum absolute atomic E-state index is 12.1. The van der Waals surface area contributed by atoms with E-state index in [1.807, 2.05) is 37.1 Å². The number of aliphatic hydroxyl groups excluding tert-OH is 1. The molecule has 0 aliphatic heterocycles. The van der Waals surface area contributed by atoms with Crippen molar-refractivity contribution in [3.63, 3.8) is 0 Å². The quantitative estimate of drug-likeness (QED) is 0.899. The summed E-state index contributed by atoms with van der Waals surface area (Å²) in [6, 6.07) is 5.62. The van der Waals surface area contributed by atoms with Gasteiger partial charge in [-0.05, 0) is 44.5 Å². The van der Waals surface area contributed by atoms with E-state index in [1.54, 1.807) is 0 Å². The molecule has 1 aromatic rings. The van der Waals surface area contributed by atoms with Crippen molar-refractivity contribution in [2.75, 3.05) is 18.9 Å². The van der Waals surface area contributed by atoms with Crippen LogP contribution in [-0.2, 0) is 4.79 Å². The number of amides is 1. The molecule has 2 rings (SSSR count). The van der Waals surface area contributed by atoms with E-state index in [2.05, 4.69) is 5.32 Å². The van der Waals surface area contributed by atoms with Gasteiger partial charge in [-0.2, -0.15) is 0 Å². The lowest BCUT2D eigenvalue weighted by Crippen LogP contribution is -2.46. The molecule has 116 valence electrons. The Kier molecular flexibility index (Phi) is 5.62. The van der Waals surface area contributed by atoms with Crippen LogP contribution in [0.4, 0.5) is 5.69 Å². The van der Waals surface area contributed by atoms with Crippen molar-refractivity contribution in [1.29, 1.82) is 0 Å². The first-order valence-electron chi connectivity index (χ1n) is 7.41. The standard InChI is InChI=1S/C16H23ClN2O2/c1-11-7-8-13(12(17)9-11)18-16(21)10-19(2)14-5-3-4-6-15(14)20/h7-9,14-15,20H,3-6,10H2,1-2H3,(H,18,21). The molecule has 0 radical (unpaired) electrons. The van der Waals surface area contributed by atoms with Crippen LogP contribution in [0.2, 0.25) is 5.02 Å². The number of hydrogen-bond donors (Lipinski definition) is 2. The molecule has 1 saturated carbocycles. The van der Waals surface area contributed by atoms with E-state index in [1.165, 1.54) is 0 Å². The van der Waals surface area contributed by atoms with Gasteiger partial charge >= 0.3 is 0 Å². The first kappa shape index (κ1) is 16.3. The van der Waals surface area contributed by atoms with Crippen LogP contribution in [0, 0.1) is 6.92 Å². The lowest BCUT2D eigenvalue weighted by molar-refractivity contribution is -0.118. The van der Waals surface area contributed by atoms with Gasteiger partial charge in [0, 0.05) is 6.04 Å². The van der Waals surface area contributed by atoms with Gasteiger partial charge in [-0.25, -0.2) is 0 Å². The average molecular weight is 311 g/mol. The summed E-state index contributed by atoms with van der Waals surface area (Å²) in [4.78, 5) is 14.0. The highest BCUT2D eigenvalue weighted by molar-refractivity contribution is 6.33. The van der Waals surface area contributed by atoms with E-state index in [4.69, 9.17) is 11.6 Å². The van der Waals surface area contributed by atoms with Gasteiger partial charge in [0.25, 0.3) is 0 Å². The summed E-state index contributed by atoms with van der Waals surface area (Å²) in [7, 11) is 1.88. The minimum Gasteiger partial charge on any atom is -0.391 e. The Balaban J connectivity index is 1.91. The molecule has 4 nitrogen and oxygen atoms in total. The number of aryl methyl sites for hydroxylation is 1. The zero-order chi connectivity index (χ0) is 15.4. The minimum atomic E-state index is -0.334. The third kappa shape index (κ3) is 4.43. The highest BCUT2D eigenvalue weighted by atomic mass is 35.5. The zero-order valence-electron chi connectivity index (χ0n) is 12.6. The van der Waals surface area contributed by atoms with Crippen molar-refractivity contribution < 1.29 is 9.90 Å². The average Bonchev–Trinajstić information content (AvgIpc) is 2.42. The molecule has 0 spiro atoms. The number of hydrogen-bond acceptors (Lipinski definition) is 3. The molecule has 0 saturated heterocycles. The van der Waals surface area contributed by atoms with E-state index < -0.39 is 0 Å². The van der Waals surface area contributed by atoms with E-state index in [0.29, 0.717) is 10.7 Å². The van der Waals surface area contributed by atoms with Crippen molar-refractivity contribution in [3.8, 4) is 0 Å². The van der Waals surface area contributed by atoms with Gasteiger partial charge in [-0.15, -0.1) is 0 Å². The highest BCUT2D eigenvalue weighted by Crippen LogP contribution is 2.24. The number of carbonyl (C=O) groups excluding carboxylic acids is 1. The van der Waals surface area contributed by atoms with Crippen molar-refractivity contribution in [1.82, 2.24) is 4.90 Å².